The Morgan fingerprint density at radius 3 is 2.41 bits per heavy atom. The third-order valence-electron chi connectivity index (χ3n) is 5.14. The predicted molar refractivity (Wildman–Crippen MR) is 122 cm³/mol. The normalized spacial score (nSPS) is 11.9. The Labute approximate surface area is 194 Å². The first-order valence-electron chi connectivity index (χ1n) is 10.1. The molecule has 34 heavy (non-hydrogen) atoms. The van der Waals surface area contributed by atoms with Gasteiger partial charge in [-0.2, -0.15) is 0 Å². The van der Waals surface area contributed by atoms with E-state index in [1.807, 2.05) is 24.3 Å². The summed E-state index contributed by atoms with van der Waals surface area (Å²) in [6.45, 7) is 0. The second-order valence-corrected chi connectivity index (χ2v) is 8.29. The quantitative estimate of drug-likeness (QED) is 0.183. The third kappa shape index (κ3) is 4.24. The fraction of sp³-hybridized carbons (Fsp3) is 0.0833. The Hall–Kier alpha value is -3.79. The van der Waals surface area contributed by atoms with Crippen molar-refractivity contribution in [1.82, 2.24) is 14.5 Å². The zero-order valence-corrected chi connectivity index (χ0v) is 18.1. The summed E-state index contributed by atoms with van der Waals surface area (Å²) in [6.07, 6.45) is -4.83. The molecule has 0 unspecified atom stereocenters. The fourth-order valence-corrected chi connectivity index (χ4v) is 4.61. The van der Waals surface area contributed by atoms with Gasteiger partial charge in [-0.15, -0.1) is 13.2 Å². The number of rotatable bonds is 5. The molecule has 1 N–H and O–H groups in total. The van der Waals surface area contributed by atoms with Crippen molar-refractivity contribution in [2.45, 2.75) is 17.3 Å². The molecule has 0 aliphatic rings. The van der Waals surface area contributed by atoms with Crippen LogP contribution in [0, 0.1) is 5.82 Å². The zero-order valence-electron chi connectivity index (χ0n) is 17.3. The van der Waals surface area contributed by atoms with Crippen LogP contribution in [0.1, 0.15) is 5.56 Å². The summed E-state index contributed by atoms with van der Waals surface area (Å²) in [5, 5.41) is 1.03. The highest BCUT2D eigenvalue weighted by atomic mass is 32.2. The minimum absolute atomic E-state index is 0.197. The van der Waals surface area contributed by atoms with Crippen LogP contribution in [0.5, 0.6) is 5.75 Å². The Morgan fingerprint density at radius 1 is 0.971 bits per heavy atom. The van der Waals surface area contributed by atoms with Crippen molar-refractivity contribution in [2.24, 2.45) is 0 Å². The number of ether oxygens (including phenoxy) is 1. The number of alkyl halides is 3. The number of halogens is 4. The lowest BCUT2D eigenvalue weighted by Crippen LogP contribution is -2.22. The predicted octanol–water partition coefficient (Wildman–Crippen LogP) is 6.20. The maximum Gasteiger partial charge on any atom is 0.573 e. The van der Waals surface area contributed by atoms with Crippen LogP contribution < -0.4 is 10.3 Å². The van der Waals surface area contributed by atoms with Crippen LogP contribution in [0.25, 0.3) is 27.6 Å². The molecule has 0 radical (unpaired) electrons. The number of H-pyrrole nitrogens is 1. The molecular formula is C24H15F4N3O2S. The molecule has 5 rings (SSSR count). The van der Waals surface area contributed by atoms with Crippen LogP contribution in [-0.4, -0.2) is 20.9 Å². The van der Waals surface area contributed by atoms with E-state index in [1.165, 1.54) is 22.8 Å². The minimum Gasteiger partial charge on any atom is -0.406 e. The van der Waals surface area contributed by atoms with Crippen molar-refractivity contribution in [3.63, 3.8) is 0 Å². The van der Waals surface area contributed by atoms with Gasteiger partial charge in [-0.3, -0.25) is 9.36 Å². The van der Waals surface area contributed by atoms with Crippen LogP contribution in [0.4, 0.5) is 17.6 Å². The molecule has 172 valence electrons. The molecule has 0 amide bonds. The molecule has 0 atom stereocenters. The molecule has 0 saturated carbocycles. The SMILES string of the molecule is O=c1c2[nH]c3ccccc3c2nc(SCc2ccccc2F)n1-c1ccc(OC(F)(F)F)cc1. The van der Waals surface area contributed by atoms with Crippen molar-refractivity contribution < 1.29 is 22.3 Å². The van der Waals surface area contributed by atoms with Crippen LogP contribution in [0.3, 0.4) is 0 Å². The molecule has 2 heterocycles. The Morgan fingerprint density at radius 2 is 1.68 bits per heavy atom. The van der Waals surface area contributed by atoms with Gasteiger partial charge in [-0.25, -0.2) is 9.37 Å². The van der Waals surface area contributed by atoms with E-state index >= 15 is 0 Å². The van der Waals surface area contributed by atoms with Gasteiger partial charge in [0.25, 0.3) is 5.56 Å². The second kappa shape index (κ2) is 8.53. The highest BCUT2D eigenvalue weighted by Gasteiger charge is 2.31. The number of nitrogens with zero attached hydrogens (tertiary/aromatic N) is 2. The second-order valence-electron chi connectivity index (χ2n) is 7.35. The summed E-state index contributed by atoms with van der Waals surface area (Å²) in [6, 6.07) is 18.5. The van der Waals surface area contributed by atoms with Crippen LogP contribution in [0.15, 0.2) is 82.7 Å². The van der Waals surface area contributed by atoms with Gasteiger partial charge in [-0.1, -0.05) is 48.2 Å². The topological polar surface area (TPSA) is 59.9 Å². The van der Waals surface area contributed by atoms with Gasteiger partial charge in [0.2, 0.25) is 0 Å². The summed E-state index contributed by atoms with van der Waals surface area (Å²) < 4.78 is 57.0. The Kier molecular flexibility index (Phi) is 5.52. The summed E-state index contributed by atoms with van der Waals surface area (Å²) >= 11 is 1.15. The number of benzene rings is 3. The van der Waals surface area contributed by atoms with E-state index in [0.29, 0.717) is 16.8 Å². The van der Waals surface area contributed by atoms with Gasteiger partial charge < -0.3 is 9.72 Å². The summed E-state index contributed by atoms with van der Waals surface area (Å²) in [4.78, 5) is 21.3. The molecule has 3 aromatic carbocycles. The zero-order chi connectivity index (χ0) is 23.9. The van der Waals surface area contributed by atoms with Gasteiger partial charge in [0.15, 0.2) is 5.16 Å². The summed E-state index contributed by atoms with van der Waals surface area (Å²) in [7, 11) is 0. The van der Waals surface area contributed by atoms with E-state index in [9.17, 15) is 22.4 Å². The molecule has 0 aliphatic carbocycles. The molecule has 5 nitrogen and oxygen atoms in total. The number of hydrogen-bond acceptors (Lipinski definition) is 4. The number of para-hydroxylation sites is 1. The van der Waals surface area contributed by atoms with Crippen LogP contribution in [0.2, 0.25) is 0 Å². The lowest BCUT2D eigenvalue weighted by Gasteiger charge is -2.14. The third-order valence-corrected chi connectivity index (χ3v) is 6.12. The first-order valence-corrected chi connectivity index (χ1v) is 11.0. The highest BCUT2D eigenvalue weighted by molar-refractivity contribution is 7.98. The van der Waals surface area contributed by atoms with E-state index < -0.39 is 17.7 Å². The van der Waals surface area contributed by atoms with Crippen molar-refractivity contribution in [2.75, 3.05) is 0 Å². The van der Waals surface area contributed by atoms with Gasteiger partial charge in [0, 0.05) is 16.7 Å². The number of nitrogens with one attached hydrogen (secondary N) is 1. The van der Waals surface area contributed by atoms with Gasteiger partial charge in [0.1, 0.15) is 22.6 Å². The molecule has 2 aromatic heterocycles. The number of thioether (sulfide) groups is 1. The molecule has 5 aromatic rings. The molecule has 0 aliphatic heterocycles. The number of aromatic nitrogens is 3. The van der Waals surface area contributed by atoms with Crippen LogP contribution in [-0.2, 0) is 5.75 Å². The van der Waals surface area contributed by atoms with Crippen molar-refractivity contribution in [3.05, 3.63) is 94.5 Å². The van der Waals surface area contributed by atoms with Crippen molar-refractivity contribution in [1.29, 1.82) is 0 Å². The molecular weight excluding hydrogens is 470 g/mol. The van der Waals surface area contributed by atoms with E-state index in [0.717, 1.165) is 34.8 Å². The number of fused-ring (bicyclic) bond motifs is 3. The summed E-state index contributed by atoms with van der Waals surface area (Å²) in [5.41, 5.74) is 1.74. The number of hydrogen-bond donors (Lipinski definition) is 1. The standard InChI is InChI=1S/C24H15F4N3O2S/c25-18-7-3-1-5-14(18)13-34-23-30-20-17-6-2-4-8-19(17)29-21(20)22(32)31(23)15-9-11-16(12-10-15)33-24(26,27)28/h1-12,29H,13H2. The lowest BCUT2D eigenvalue weighted by atomic mass is 10.2. The van der Waals surface area contributed by atoms with Crippen LogP contribution >= 0.6 is 11.8 Å². The van der Waals surface area contributed by atoms with E-state index in [1.54, 1.807) is 18.2 Å². The van der Waals surface area contributed by atoms with Crippen molar-refractivity contribution >= 4 is 33.7 Å². The maximum absolute atomic E-state index is 14.2. The van der Waals surface area contributed by atoms with Gasteiger partial charge >= 0.3 is 6.36 Å². The smallest absolute Gasteiger partial charge is 0.406 e. The monoisotopic (exact) mass is 485 g/mol. The highest BCUT2D eigenvalue weighted by Crippen LogP contribution is 2.30. The Balaban J connectivity index is 1.64. The largest absolute Gasteiger partial charge is 0.573 e. The molecule has 0 saturated heterocycles. The molecule has 0 spiro atoms. The average molecular weight is 485 g/mol. The molecule has 0 fully saturated rings. The average Bonchev–Trinajstić information content (AvgIpc) is 3.18. The van der Waals surface area contributed by atoms with Gasteiger partial charge in [-0.05, 0) is 42.0 Å². The van der Waals surface area contributed by atoms with E-state index in [-0.39, 0.29) is 22.2 Å². The van der Waals surface area contributed by atoms with Gasteiger partial charge in [0.05, 0.1) is 5.69 Å². The maximum atomic E-state index is 14.2. The Bertz CT molecular complexity index is 1560. The minimum atomic E-state index is -4.83. The first kappa shape index (κ1) is 22.0. The van der Waals surface area contributed by atoms with E-state index in [4.69, 9.17) is 0 Å². The van der Waals surface area contributed by atoms with Crippen molar-refractivity contribution in [3.8, 4) is 11.4 Å². The summed E-state index contributed by atoms with van der Waals surface area (Å²) in [5.74, 6) is -0.599. The molecule has 0 bridgehead atoms. The number of aromatic amines is 1. The lowest BCUT2D eigenvalue weighted by molar-refractivity contribution is -0.274. The first-order chi connectivity index (χ1) is 16.3. The molecule has 10 heteroatoms. The fourth-order valence-electron chi connectivity index (χ4n) is 3.62. The van der Waals surface area contributed by atoms with E-state index in [2.05, 4.69) is 14.7 Å².